The van der Waals surface area contributed by atoms with Gasteiger partial charge in [0.25, 0.3) is 0 Å². The number of nitrogens with two attached hydrogens (primary N) is 1. The molecule has 1 atom stereocenters. The molecule has 2 aliphatic rings. The lowest BCUT2D eigenvalue weighted by molar-refractivity contribution is 0.326. The van der Waals surface area contributed by atoms with Crippen LogP contribution in [0.25, 0.3) is 0 Å². The predicted octanol–water partition coefficient (Wildman–Crippen LogP) is 1.96. The average Bonchev–Trinajstić information content (AvgIpc) is 3.08. The number of halogens is 1. The number of nitrogen functional groups attached to an aromatic ring is 1. The number of nitrogens with zero attached hydrogens (tertiary/aromatic N) is 5. The molecular formula is C16H13ClN6OS2. The second kappa shape index (κ2) is 5.92. The molecule has 2 aromatic rings. The second-order valence-corrected chi connectivity index (χ2v) is 9.22. The highest BCUT2D eigenvalue weighted by Gasteiger charge is 2.52. The van der Waals surface area contributed by atoms with Gasteiger partial charge in [-0.25, -0.2) is 9.97 Å². The van der Waals surface area contributed by atoms with Gasteiger partial charge < -0.3 is 10.6 Å². The maximum absolute atomic E-state index is 11.8. The maximum atomic E-state index is 11.8. The molecule has 1 spiro atoms. The third-order valence-electron chi connectivity index (χ3n) is 4.96. The Bertz CT molecular complexity index is 1040. The van der Waals surface area contributed by atoms with Crippen LogP contribution in [0.1, 0.15) is 28.0 Å². The third-order valence-corrected chi connectivity index (χ3v) is 7.01. The average molecular weight is 405 g/mol. The summed E-state index contributed by atoms with van der Waals surface area (Å²) in [4.78, 5) is 11.4. The summed E-state index contributed by atoms with van der Waals surface area (Å²) in [6.45, 7) is 1.23. The molecule has 1 unspecified atom stereocenters. The smallest absolute Gasteiger partial charge is 0.221 e. The number of hydrogen-bond acceptors (Lipinski definition) is 8. The van der Waals surface area contributed by atoms with E-state index in [1.54, 1.807) is 0 Å². The highest BCUT2D eigenvalue weighted by Crippen LogP contribution is 2.52. The fourth-order valence-corrected chi connectivity index (χ4v) is 5.66. The lowest BCUT2D eigenvalue weighted by atomic mass is 9.74. The maximum Gasteiger partial charge on any atom is 0.221 e. The topological polar surface area (TPSA) is 120 Å². The molecule has 2 N–H and O–H groups in total. The largest absolute Gasteiger partial charge is 0.389 e. The zero-order valence-corrected chi connectivity index (χ0v) is 16.1. The summed E-state index contributed by atoms with van der Waals surface area (Å²) in [6.07, 6.45) is 3.31. The van der Waals surface area contributed by atoms with Crippen LogP contribution >= 0.6 is 22.9 Å². The molecule has 10 heteroatoms. The number of hydrogen-bond donors (Lipinski definition) is 1. The van der Waals surface area contributed by atoms with Crippen molar-refractivity contribution < 1.29 is 4.21 Å². The predicted molar refractivity (Wildman–Crippen MR) is 99.7 cm³/mol. The fourth-order valence-electron chi connectivity index (χ4n) is 3.83. The molecule has 0 aromatic carbocycles. The Kier molecular flexibility index (Phi) is 3.92. The first-order chi connectivity index (χ1) is 12.4. The van der Waals surface area contributed by atoms with Crippen LogP contribution in [0.4, 0.5) is 10.8 Å². The van der Waals surface area contributed by atoms with Gasteiger partial charge in [-0.1, -0.05) is 11.6 Å². The van der Waals surface area contributed by atoms with Crippen molar-refractivity contribution in [1.29, 1.82) is 10.5 Å². The molecule has 0 radical (unpaired) electrons. The number of nitriles is 2. The van der Waals surface area contributed by atoms with Crippen molar-refractivity contribution in [3.63, 3.8) is 0 Å². The number of aromatic nitrogens is 2. The zero-order valence-electron chi connectivity index (χ0n) is 13.7. The lowest BCUT2D eigenvalue weighted by Gasteiger charge is -2.49. The van der Waals surface area contributed by atoms with Gasteiger partial charge in [0.2, 0.25) is 5.16 Å². The summed E-state index contributed by atoms with van der Waals surface area (Å²) in [5.41, 5.74) is 7.66. The molecular weight excluding hydrogens is 392 g/mol. The number of anilines is 2. The van der Waals surface area contributed by atoms with Crippen molar-refractivity contribution in [2.45, 2.75) is 23.4 Å². The van der Waals surface area contributed by atoms with Gasteiger partial charge in [-0.15, -0.1) is 11.3 Å². The Labute approximate surface area is 161 Å². The summed E-state index contributed by atoms with van der Waals surface area (Å²) in [6, 6.07) is 4.27. The Balaban J connectivity index is 1.72. The molecule has 0 amide bonds. The van der Waals surface area contributed by atoms with E-state index in [4.69, 9.17) is 17.3 Å². The van der Waals surface area contributed by atoms with E-state index in [0.717, 1.165) is 18.4 Å². The number of rotatable bonds is 2. The summed E-state index contributed by atoms with van der Waals surface area (Å²) in [7, 11) is -1.40. The first-order valence-electron chi connectivity index (χ1n) is 7.78. The molecule has 0 saturated carbocycles. The second-order valence-electron chi connectivity index (χ2n) is 6.45. The fraction of sp³-hybridized carbons (Fsp3) is 0.375. The number of fused-ring (bicyclic) bond motifs is 2. The van der Waals surface area contributed by atoms with Crippen molar-refractivity contribution in [1.82, 2.24) is 9.97 Å². The van der Waals surface area contributed by atoms with E-state index in [9.17, 15) is 14.7 Å². The van der Waals surface area contributed by atoms with E-state index >= 15 is 0 Å². The van der Waals surface area contributed by atoms with E-state index < -0.39 is 10.8 Å². The van der Waals surface area contributed by atoms with Crippen molar-refractivity contribution in [2.24, 2.45) is 0 Å². The van der Waals surface area contributed by atoms with E-state index in [-0.39, 0.29) is 21.3 Å². The lowest BCUT2D eigenvalue weighted by Crippen LogP contribution is -2.59. The first kappa shape index (κ1) is 17.2. The van der Waals surface area contributed by atoms with Crippen LogP contribution in [0, 0.1) is 22.7 Å². The molecule has 4 rings (SSSR count). The van der Waals surface area contributed by atoms with Crippen molar-refractivity contribution >= 4 is 44.6 Å². The zero-order chi connectivity index (χ0) is 18.6. The van der Waals surface area contributed by atoms with Crippen LogP contribution in [-0.4, -0.2) is 33.5 Å². The van der Waals surface area contributed by atoms with Gasteiger partial charge in [-0.3, -0.25) is 4.21 Å². The third kappa shape index (κ3) is 2.32. The monoisotopic (exact) mass is 404 g/mol. The molecule has 132 valence electrons. The van der Waals surface area contributed by atoms with Crippen LogP contribution < -0.4 is 10.6 Å². The quantitative estimate of drug-likeness (QED) is 0.599. The first-order valence-corrected chi connectivity index (χ1v) is 10.5. The van der Waals surface area contributed by atoms with Crippen molar-refractivity contribution in [2.75, 3.05) is 30.0 Å². The molecule has 7 nitrogen and oxygen atoms in total. The molecule has 1 aliphatic heterocycles. The standard InChI is InChI=1S/C16H13ClN6OS2/c1-26(24)15-21-12(17)9(5-19)14(22-15)23-6-16(7-23)3-2-10-11(16)8(4-18)13(20)25-10/h2-3,6-7,20H2,1H3. The Morgan fingerprint density at radius 2 is 2.00 bits per heavy atom. The summed E-state index contributed by atoms with van der Waals surface area (Å²) >= 11 is 7.59. The molecule has 1 fully saturated rings. The van der Waals surface area contributed by atoms with Crippen LogP contribution in [0.3, 0.4) is 0 Å². The van der Waals surface area contributed by atoms with Gasteiger partial charge in [0, 0.05) is 29.6 Å². The Morgan fingerprint density at radius 3 is 2.62 bits per heavy atom. The minimum atomic E-state index is -1.40. The molecule has 1 aliphatic carbocycles. The van der Waals surface area contributed by atoms with Gasteiger partial charge in [0.05, 0.1) is 16.4 Å². The normalized spacial score (nSPS) is 18.1. The van der Waals surface area contributed by atoms with Crippen LogP contribution in [0.2, 0.25) is 5.15 Å². The van der Waals surface area contributed by atoms with Gasteiger partial charge in [0.1, 0.15) is 22.7 Å². The summed E-state index contributed by atoms with van der Waals surface area (Å²) < 4.78 is 11.8. The molecule has 1 saturated heterocycles. The van der Waals surface area contributed by atoms with Crippen molar-refractivity contribution in [3.8, 4) is 12.1 Å². The van der Waals surface area contributed by atoms with E-state index in [0.29, 0.717) is 29.5 Å². The number of thiophene rings is 1. The van der Waals surface area contributed by atoms with Crippen molar-refractivity contribution in [3.05, 3.63) is 26.7 Å². The highest BCUT2D eigenvalue weighted by molar-refractivity contribution is 7.84. The van der Waals surface area contributed by atoms with E-state index in [2.05, 4.69) is 16.0 Å². The molecule has 3 heterocycles. The summed E-state index contributed by atoms with van der Waals surface area (Å²) in [5, 5.41) is 19.6. The Hall–Kier alpha value is -2.20. The molecule has 0 bridgehead atoms. The number of aryl methyl sites for hydroxylation is 1. The minimum absolute atomic E-state index is 0.00764. The SMILES string of the molecule is CS(=O)c1nc(Cl)c(C#N)c(N2CC3(CCc4sc(N)c(C#N)c43)C2)n1. The highest BCUT2D eigenvalue weighted by atomic mass is 35.5. The molecule has 2 aromatic heterocycles. The van der Waals surface area contributed by atoms with Gasteiger partial charge in [0.15, 0.2) is 11.0 Å². The van der Waals surface area contributed by atoms with Gasteiger partial charge in [-0.2, -0.15) is 10.5 Å². The van der Waals surface area contributed by atoms with Gasteiger partial charge in [-0.05, 0) is 18.4 Å². The summed E-state index contributed by atoms with van der Waals surface area (Å²) in [5.74, 6) is 0.401. The van der Waals surface area contributed by atoms with E-state index in [1.807, 2.05) is 11.0 Å². The van der Waals surface area contributed by atoms with Gasteiger partial charge >= 0.3 is 0 Å². The Morgan fingerprint density at radius 1 is 1.31 bits per heavy atom. The molecule has 26 heavy (non-hydrogen) atoms. The van der Waals surface area contributed by atoms with Crippen LogP contribution in [0.15, 0.2) is 5.16 Å². The van der Waals surface area contributed by atoms with Crippen LogP contribution in [-0.2, 0) is 22.6 Å². The van der Waals surface area contributed by atoms with Crippen LogP contribution in [0.5, 0.6) is 0 Å². The van der Waals surface area contributed by atoms with E-state index in [1.165, 1.54) is 22.5 Å². The minimum Gasteiger partial charge on any atom is -0.389 e.